The van der Waals surface area contributed by atoms with Crippen molar-refractivity contribution in [2.24, 2.45) is 0 Å². The summed E-state index contributed by atoms with van der Waals surface area (Å²) in [4.78, 5) is 18.8. The Kier molecular flexibility index (Phi) is 3.57. The molecule has 102 valence electrons. The molecule has 0 N–H and O–H groups in total. The number of amides is 1. The van der Waals surface area contributed by atoms with Crippen LogP contribution in [0, 0.1) is 0 Å². The Balaban J connectivity index is 2.03. The Labute approximate surface area is 126 Å². The highest BCUT2D eigenvalue weighted by molar-refractivity contribution is 9.10. The van der Waals surface area contributed by atoms with E-state index in [1.165, 1.54) is 5.56 Å². The van der Waals surface area contributed by atoms with Crippen LogP contribution in [-0.2, 0) is 6.42 Å². The van der Waals surface area contributed by atoms with E-state index >= 15 is 0 Å². The van der Waals surface area contributed by atoms with Crippen molar-refractivity contribution in [1.82, 2.24) is 4.98 Å². The predicted octanol–water partition coefficient (Wildman–Crippen LogP) is 3.83. The van der Waals surface area contributed by atoms with Gasteiger partial charge in [0.05, 0.1) is 0 Å². The van der Waals surface area contributed by atoms with Gasteiger partial charge in [-0.25, -0.2) is 4.98 Å². The third-order valence-electron chi connectivity index (χ3n) is 3.72. The number of para-hydroxylation sites is 1. The molecule has 20 heavy (non-hydrogen) atoms. The Hall–Kier alpha value is -1.68. The summed E-state index contributed by atoms with van der Waals surface area (Å²) < 4.78 is 0.682. The number of benzene rings is 1. The number of carbonyl (C=O) groups is 1. The molecule has 1 aliphatic rings. The van der Waals surface area contributed by atoms with Crippen LogP contribution in [0.2, 0.25) is 0 Å². The first kappa shape index (κ1) is 13.3. The summed E-state index contributed by atoms with van der Waals surface area (Å²) in [5, 5.41) is 0. The largest absolute Gasteiger partial charge is 0.305 e. The van der Waals surface area contributed by atoms with Crippen molar-refractivity contribution >= 4 is 27.5 Å². The van der Waals surface area contributed by atoms with Crippen molar-refractivity contribution in [2.45, 2.75) is 25.8 Å². The average molecular weight is 331 g/mol. The summed E-state index contributed by atoms with van der Waals surface area (Å²) in [5.74, 6) is 0.0350. The molecule has 0 radical (unpaired) electrons. The first-order valence-electron chi connectivity index (χ1n) is 6.70. The van der Waals surface area contributed by atoms with Crippen LogP contribution >= 0.6 is 15.9 Å². The molecule has 0 aliphatic carbocycles. The van der Waals surface area contributed by atoms with Crippen molar-refractivity contribution in [2.75, 3.05) is 4.90 Å². The Morgan fingerprint density at radius 1 is 1.35 bits per heavy atom. The minimum absolute atomic E-state index is 0.0350. The number of halogens is 1. The van der Waals surface area contributed by atoms with Gasteiger partial charge in [0.1, 0.15) is 4.60 Å². The van der Waals surface area contributed by atoms with Gasteiger partial charge in [-0.3, -0.25) is 4.79 Å². The van der Waals surface area contributed by atoms with E-state index in [1.807, 2.05) is 23.1 Å². The van der Waals surface area contributed by atoms with Crippen LogP contribution in [0.25, 0.3) is 0 Å². The second kappa shape index (κ2) is 5.37. The maximum Gasteiger partial charge on any atom is 0.258 e. The highest BCUT2D eigenvalue weighted by Crippen LogP contribution is 2.31. The van der Waals surface area contributed by atoms with E-state index in [0.717, 1.165) is 18.5 Å². The van der Waals surface area contributed by atoms with Crippen LogP contribution in [-0.4, -0.2) is 16.9 Å². The zero-order chi connectivity index (χ0) is 14.1. The second-order valence-corrected chi connectivity index (χ2v) is 5.87. The molecule has 1 aromatic heterocycles. The van der Waals surface area contributed by atoms with E-state index in [4.69, 9.17) is 0 Å². The van der Waals surface area contributed by atoms with Crippen LogP contribution in [0.1, 0.15) is 29.3 Å². The quantitative estimate of drug-likeness (QED) is 0.744. The lowest BCUT2D eigenvalue weighted by Crippen LogP contribution is -2.42. The van der Waals surface area contributed by atoms with Crippen LogP contribution in [0.3, 0.4) is 0 Å². The number of anilines is 1. The number of nitrogens with zero attached hydrogens (tertiary/aromatic N) is 2. The Morgan fingerprint density at radius 3 is 2.95 bits per heavy atom. The maximum absolute atomic E-state index is 12.8. The predicted molar refractivity (Wildman–Crippen MR) is 83.0 cm³/mol. The molecule has 2 heterocycles. The first-order valence-corrected chi connectivity index (χ1v) is 7.49. The summed E-state index contributed by atoms with van der Waals surface area (Å²) in [5.41, 5.74) is 2.94. The molecule has 1 aliphatic heterocycles. The van der Waals surface area contributed by atoms with Crippen LogP contribution < -0.4 is 4.90 Å². The van der Waals surface area contributed by atoms with Crippen LogP contribution in [0.15, 0.2) is 47.2 Å². The van der Waals surface area contributed by atoms with Crippen molar-refractivity contribution in [3.05, 3.63) is 58.3 Å². The van der Waals surface area contributed by atoms with Gasteiger partial charge in [-0.05, 0) is 59.5 Å². The lowest BCUT2D eigenvalue weighted by atomic mass is 9.96. The topological polar surface area (TPSA) is 33.2 Å². The van der Waals surface area contributed by atoms with Crippen molar-refractivity contribution in [3.63, 3.8) is 0 Å². The van der Waals surface area contributed by atoms with Crippen LogP contribution in [0.5, 0.6) is 0 Å². The molecule has 1 aromatic carbocycles. The van der Waals surface area contributed by atoms with Gasteiger partial charge in [-0.15, -0.1) is 0 Å². The van der Waals surface area contributed by atoms with Crippen molar-refractivity contribution in [3.8, 4) is 0 Å². The van der Waals surface area contributed by atoms with Crippen LogP contribution in [0.4, 0.5) is 5.69 Å². The van der Waals surface area contributed by atoms with Gasteiger partial charge in [0, 0.05) is 23.5 Å². The number of carbonyl (C=O) groups excluding carboxylic acids is 1. The molecule has 0 fully saturated rings. The Bertz CT molecular complexity index is 656. The van der Waals surface area contributed by atoms with Gasteiger partial charge in [0.15, 0.2) is 0 Å². The summed E-state index contributed by atoms with van der Waals surface area (Å²) in [7, 11) is 0. The minimum atomic E-state index is 0.0350. The highest BCUT2D eigenvalue weighted by Gasteiger charge is 2.28. The van der Waals surface area contributed by atoms with E-state index < -0.39 is 0 Å². The zero-order valence-electron chi connectivity index (χ0n) is 11.2. The van der Waals surface area contributed by atoms with Gasteiger partial charge in [0.25, 0.3) is 5.91 Å². The van der Waals surface area contributed by atoms with Gasteiger partial charge in [0.2, 0.25) is 0 Å². The third-order valence-corrected chi connectivity index (χ3v) is 4.15. The monoisotopic (exact) mass is 330 g/mol. The molecule has 3 rings (SSSR count). The summed E-state index contributed by atoms with van der Waals surface area (Å²) in [6, 6.07) is 11.9. The molecule has 1 amide bonds. The fraction of sp³-hybridized carbons (Fsp3) is 0.250. The Morgan fingerprint density at radius 2 is 2.15 bits per heavy atom. The normalized spacial score (nSPS) is 17.7. The van der Waals surface area contributed by atoms with E-state index in [-0.39, 0.29) is 11.9 Å². The van der Waals surface area contributed by atoms with Gasteiger partial charge >= 0.3 is 0 Å². The molecule has 1 unspecified atom stereocenters. The number of rotatable bonds is 1. The van der Waals surface area contributed by atoms with Gasteiger partial charge < -0.3 is 4.90 Å². The van der Waals surface area contributed by atoms with Crippen molar-refractivity contribution in [1.29, 1.82) is 0 Å². The maximum atomic E-state index is 12.8. The van der Waals surface area contributed by atoms with Gasteiger partial charge in [-0.1, -0.05) is 18.2 Å². The number of fused-ring (bicyclic) bond motifs is 1. The molecule has 2 aromatic rings. The molecule has 4 heteroatoms. The minimum Gasteiger partial charge on any atom is -0.305 e. The number of pyridine rings is 1. The summed E-state index contributed by atoms with van der Waals surface area (Å²) in [6.07, 6.45) is 3.67. The molecule has 0 bridgehead atoms. The standard InChI is InChI=1S/C16H15BrN2O/c1-11-6-7-12-4-2-3-5-14(12)19(11)16(20)13-8-9-18-15(17)10-13/h2-5,8-11H,6-7H2,1H3. The number of hydrogen-bond acceptors (Lipinski definition) is 2. The first-order chi connectivity index (χ1) is 9.66. The molecule has 0 spiro atoms. The highest BCUT2D eigenvalue weighted by atomic mass is 79.9. The molecule has 0 saturated carbocycles. The molecule has 1 atom stereocenters. The smallest absolute Gasteiger partial charge is 0.258 e. The number of hydrogen-bond donors (Lipinski definition) is 0. The average Bonchev–Trinajstić information content (AvgIpc) is 2.46. The third kappa shape index (κ3) is 2.36. The van der Waals surface area contributed by atoms with Crippen molar-refractivity contribution < 1.29 is 4.79 Å². The molecular weight excluding hydrogens is 316 g/mol. The summed E-state index contributed by atoms with van der Waals surface area (Å²) in [6.45, 7) is 2.10. The van der Waals surface area contributed by atoms with Gasteiger partial charge in [-0.2, -0.15) is 0 Å². The lowest BCUT2D eigenvalue weighted by Gasteiger charge is -2.35. The fourth-order valence-corrected chi connectivity index (χ4v) is 3.04. The fourth-order valence-electron chi connectivity index (χ4n) is 2.67. The number of aryl methyl sites for hydroxylation is 1. The zero-order valence-corrected chi connectivity index (χ0v) is 12.8. The second-order valence-electron chi connectivity index (χ2n) is 5.06. The van der Waals surface area contributed by atoms with E-state index in [9.17, 15) is 4.79 Å². The van der Waals surface area contributed by atoms with E-state index in [2.05, 4.69) is 33.9 Å². The SMILES string of the molecule is CC1CCc2ccccc2N1C(=O)c1ccnc(Br)c1. The van der Waals surface area contributed by atoms with E-state index in [1.54, 1.807) is 18.3 Å². The number of aromatic nitrogens is 1. The van der Waals surface area contributed by atoms with E-state index in [0.29, 0.717) is 10.2 Å². The molecule has 0 saturated heterocycles. The molecular formula is C16H15BrN2O. The lowest BCUT2D eigenvalue weighted by molar-refractivity contribution is 0.0975. The summed E-state index contributed by atoms with van der Waals surface area (Å²) >= 11 is 3.32. The molecule has 3 nitrogen and oxygen atoms in total.